The number of rotatable bonds is 6. The van der Waals surface area contributed by atoms with Crippen LogP contribution in [0.25, 0.3) is 10.9 Å². The molecule has 0 unspecified atom stereocenters. The topological polar surface area (TPSA) is 87.8 Å². The Bertz CT molecular complexity index is 1120. The number of carbonyl (C=O) groups excluding carboxylic acids is 1. The Balaban J connectivity index is 1.81. The number of nitriles is 1. The highest BCUT2D eigenvalue weighted by atomic mass is 32.2. The van der Waals surface area contributed by atoms with Crippen LogP contribution in [0.1, 0.15) is 19.4 Å². The second kappa shape index (κ2) is 8.72. The maximum Gasteiger partial charge on any atom is 0.262 e. The molecule has 1 aromatic heterocycles. The summed E-state index contributed by atoms with van der Waals surface area (Å²) in [4.78, 5) is 29.8. The molecule has 1 N–H and O–H groups in total. The number of para-hydroxylation sites is 1. The van der Waals surface area contributed by atoms with Crippen molar-refractivity contribution in [1.82, 2.24) is 9.55 Å². The van der Waals surface area contributed by atoms with Gasteiger partial charge in [0.05, 0.1) is 28.3 Å². The zero-order chi connectivity index (χ0) is 20.1. The third-order valence-electron chi connectivity index (χ3n) is 3.98. The lowest BCUT2D eigenvalue weighted by Crippen LogP contribution is -2.26. The molecule has 0 saturated carbocycles. The molecule has 0 radical (unpaired) electrons. The highest BCUT2D eigenvalue weighted by Crippen LogP contribution is 2.19. The SMILES string of the molecule is CC(C)Cn1c(SCC(=O)Nc2cccc(C#N)c2)nc2ccccc2c1=O. The number of carbonyl (C=O) groups is 1. The molecule has 1 amide bonds. The quantitative estimate of drug-likeness (QED) is 0.511. The number of nitrogens with zero attached hydrogens (tertiary/aromatic N) is 3. The second-order valence-corrected chi connectivity index (χ2v) is 7.69. The van der Waals surface area contributed by atoms with Gasteiger partial charge in [-0.25, -0.2) is 4.98 Å². The van der Waals surface area contributed by atoms with Gasteiger partial charge in [0.25, 0.3) is 5.56 Å². The summed E-state index contributed by atoms with van der Waals surface area (Å²) in [5.74, 6) is 0.154. The predicted molar refractivity (Wildman–Crippen MR) is 111 cm³/mol. The van der Waals surface area contributed by atoms with Crippen molar-refractivity contribution in [1.29, 1.82) is 5.26 Å². The van der Waals surface area contributed by atoms with Crippen LogP contribution in [-0.2, 0) is 11.3 Å². The van der Waals surface area contributed by atoms with Crippen molar-refractivity contribution in [2.45, 2.75) is 25.5 Å². The normalized spacial score (nSPS) is 10.8. The summed E-state index contributed by atoms with van der Waals surface area (Å²) >= 11 is 1.23. The first-order valence-corrected chi connectivity index (χ1v) is 9.89. The van der Waals surface area contributed by atoms with Crippen LogP contribution < -0.4 is 10.9 Å². The van der Waals surface area contributed by atoms with Gasteiger partial charge >= 0.3 is 0 Å². The Morgan fingerprint density at radius 2 is 2.04 bits per heavy atom. The molecule has 0 atom stereocenters. The van der Waals surface area contributed by atoms with Gasteiger partial charge in [0.15, 0.2) is 5.16 Å². The Morgan fingerprint density at radius 3 is 2.79 bits per heavy atom. The fourth-order valence-corrected chi connectivity index (χ4v) is 3.59. The summed E-state index contributed by atoms with van der Waals surface area (Å²) in [6.07, 6.45) is 0. The van der Waals surface area contributed by atoms with E-state index in [2.05, 4.69) is 10.3 Å². The van der Waals surface area contributed by atoms with Crippen molar-refractivity contribution >= 4 is 34.3 Å². The molecule has 0 spiro atoms. The minimum absolute atomic E-state index is 0.0936. The summed E-state index contributed by atoms with van der Waals surface area (Å²) in [6, 6.07) is 16.0. The fraction of sp³-hybridized carbons (Fsp3) is 0.238. The van der Waals surface area contributed by atoms with E-state index in [0.29, 0.717) is 33.9 Å². The molecule has 0 fully saturated rings. The lowest BCUT2D eigenvalue weighted by atomic mass is 10.2. The Morgan fingerprint density at radius 1 is 1.25 bits per heavy atom. The molecule has 7 heteroatoms. The van der Waals surface area contributed by atoms with Gasteiger partial charge in [-0.05, 0) is 36.2 Å². The molecule has 0 aliphatic carbocycles. The van der Waals surface area contributed by atoms with Crippen molar-refractivity contribution < 1.29 is 4.79 Å². The predicted octanol–water partition coefficient (Wildman–Crippen LogP) is 3.65. The number of anilines is 1. The van der Waals surface area contributed by atoms with E-state index < -0.39 is 0 Å². The molecule has 1 heterocycles. The second-order valence-electron chi connectivity index (χ2n) is 6.75. The Kier molecular flexibility index (Phi) is 6.12. The standard InChI is InChI=1S/C21H20N4O2S/c1-14(2)12-25-20(27)17-8-3-4-9-18(17)24-21(25)28-13-19(26)23-16-7-5-6-15(10-16)11-22/h3-10,14H,12-13H2,1-2H3,(H,23,26). The molecule has 2 aromatic carbocycles. The zero-order valence-electron chi connectivity index (χ0n) is 15.7. The van der Waals surface area contributed by atoms with Crippen molar-refractivity contribution in [3.05, 3.63) is 64.4 Å². The first-order valence-electron chi connectivity index (χ1n) is 8.90. The van der Waals surface area contributed by atoms with Crippen molar-refractivity contribution in [3.8, 4) is 6.07 Å². The van der Waals surface area contributed by atoms with Gasteiger partial charge in [0.1, 0.15) is 0 Å². The number of benzene rings is 2. The minimum Gasteiger partial charge on any atom is -0.325 e. The maximum absolute atomic E-state index is 12.9. The molecule has 3 rings (SSSR count). The fourth-order valence-electron chi connectivity index (χ4n) is 2.78. The van der Waals surface area contributed by atoms with E-state index in [1.807, 2.05) is 32.0 Å². The number of nitrogens with one attached hydrogen (secondary N) is 1. The third kappa shape index (κ3) is 4.59. The first-order chi connectivity index (χ1) is 13.5. The van der Waals surface area contributed by atoms with Crippen LogP contribution in [0.3, 0.4) is 0 Å². The van der Waals surface area contributed by atoms with Crippen LogP contribution in [0.5, 0.6) is 0 Å². The monoisotopic (exact) mass is 392 g/mol. The van der Waals surface area contributed by atoms with Crippen LogP contribution in [0, 0.1) is 17.2 Å². The Labute approximate surface area is 167 Å². The molecular weight excluding hydrogens is 372 g/mol. The van der Waals surface area contributed by atoms with Crippen LogP contribution in [0.15, 0.2) is 58.5 Å². The first kappa shape index (κ1) is 19.6. The molecule has 142 valence electrons. The Hall–Kier alpha value is -3.11. The van der Waals surface area contributed by atoms with Crippen LogP contribution in [0.2, 0.25) is 0 Å². The van der Waals surface area contributed by atoms with Gasteiger partial charge < -0.3 is 5.32 Å². The summed E-state index contributed by atoms with van der Waals surface area (Å²) in [7, 11) is 0. The van der Waals surface area contributed by atoms with Crippen molar-refractivity contribution in [2.24, 2.45) is 5.92 Å². The van der Waals surface area contributed by atoms with E-state index in [4.69, 9.17) is 5.26 Å². The van der Waals surface area contributed by atoms with Crippen LogP contribution >= 0.6 is 11.8 Å². The van der Waals surface area contributed by atoms with Gasteiger partial charge in [-0.2, -0.15) is 5.26 Å². The summed E-state index contributed by atoms with van der Waals surface area (Å²) in [6.45, 7) is 4.60. The van der Waals surface area contributed by atoms with E-state index in [9.17, 15) is 9.59 Å². The van der Waals surface area contributed by atoms with Gasteiger partial charge in [-0.1, -0.05) is 43.8 Å². The highest BCUT2D eigenvalue weighted by Gasteiger charge is 2.14. The van der Waals surface area contributed by atoms with E-state index in [1.54, 1.807) is 41.0 Å². The van der Waals surface area contributed by atoms with E-state index in [0.717, 1.165) is 0 Å². The van der Waals surface area contributed by atoms with Gasteiger partial charge in [0, 0.05) is 12.2 Å². The number of fused-ring (bicyclic) bond motifs is 1. The lowest BCUT2D eigenvalue weighted by Gasteiger charge is -2.14. The average molecular weight is 392 g/mol. The highest BCUT2D eigenvalue weighted by molar-refractivity contribution is 7.99. The minimum atomic E-state index is -0.224. The summed E-state index contributed by atoms with van der Waals surface area (Å²) < 4.78 is 1.64. The third-order valence-corrected chi connectivity index (χ3v) is 4.96. The number of hydrogen-bond acceptors (Lipinski definition) is 5. The summed E-state index contributed by atoms with van der Waals surface area (Å²) in [5, 5.41) is 12.8. The number of aromatic nitrogens is 2. The zero-order valence-corrected chi connectivity index (χ0v) is 16.5. The molecule has 3 aromatic rings. The van der Waals surface area contributed by atoms with Crippen LogP contribution in [-0.4, -0.2) is 21.2 Å². The van der Waals surface area contributed by atoms with E-state index >= 15 is 0 Å². The molecule has 28 heavy (non-hydrogen) atoms. The average Bonchev–Trinajstić information content (AvgIpc) is 2.68. The van der Waals surface area contributed by atoms with Gasteiger partial charge in [-0.15, -0.1) is 0 Å². The van der Waals surface area contributed by atoms with E-state index in [1.165, 1.54) is 11.8 Å². The molecule has 6 nitrogen and oxygen atoms in total. The smallest absolute Gasteiger partial charge is 0.262 e. The lowest BCUT2D eigenvalue weighted by molar-refractivity contribution is -0.113. The number of thioether (sulfide) groups is 1. The molecular formula is C21H20N4O2S. The number of amides is 1. The maximum atomic E-state index is 12.9. The molecule has 0 saturated heterocycles. The van der Waals surface area contributed by atoms with E-state index in [-0.39, 0.29) is 23.1 Å². The van der Waals surface area contributed by atoms with Gasteiger partial charge in [-0.3, -0.25) is 14.2 Å². The largest absolute Gasteiger partial charge is 0.325 e. The summed E-state index contributed by atoms with van der Waals surface area (Å²) in [5.41, 5.74) is 1.57. The van der Waals surface area contributed by atoms with Crippen molar-refractivity contribution in [3.63, 3.8) is 0 Å². The molecule has 0 aliphatic heterocycles. The van der Waals surface area contributed by atoms with Gasteiger partial charge in [0.2, 0.25) is 5.91 Å². The van der Waals surface area contributed by atoms with Crippen molar-refractivity contribution in [2.75, 3.05) is 11.1 Å². The molecule has 0 bridgehead atoms. The number of hydrogen-bond donors (Lipinski definition) is 1. The molecule has 0 aliphatic rings. The van der Waals surface area contributed by atoms with Crippen LogP contribution in [0.4, 0.5) is 5.69 Å².